The summed E-state index contributed by atoms with van der Waals surface area (Å²) in [4.78, 5) is 16.9. The number of hydrogen-bond donors (Lipinski definition) is 0. The zero-order chi connectivity index (χ0) is 14.7. The number of halogens is 1. The SMILES string of the molecule is CCOC(=O)[C@@H]1[C@@H](c2ccc(OC)cc2)N(C)O[C@@H]1F. The molecule has 0 aromatic heterocycles. The van der Waals surface area contributed by atoms with Crippen LogP contribution < -0.4 is 4.74 Å². The van der Waals surface area contributed by atoms with Gasteiger partial charge in [0.25, 0.3) is 0 Å². The van der Waals surface area contributed by atoms with Gasteiger partial charge < -0.3 is 9.47 Å². The van der Waals surface area contributed by atoms with Crippen molar-refractivity contribution in [2.45, 2.75) is 19.3 Å². The topological polar surface area (TPSA) is 48.0 Å². The van der Waals surface area contributed by atoms with Crippen LogP contribution in [0.2, 0.25) is 0 Å². The maximum atomic E-state index is 13.9. The Balaban J connectivity index is 2.27. The highest BCUT2D eigenvalue weighted by molar-refractivity contribution is 5.74. The third kappa shape index (κ3) is 2.76. The molecule has 0 spiro atoms. The molecule has 1 heterocycles. The Morgan fingerprint density at radius 1 is 1.40 bits per heavy atom. The first-order valence-electron chi connectivity index (χ1n) is 6.42. The maximum Gasteiger partial charge on any atom is 0.316 e. The van der Waals surface area contributed by atoms with E-state index in [-0.39, 0.29) is 6.61 Å². The van der Waals surface area contributed by atoms with Crippen LogP contribution in [0.4, 0.5) is 4.39 Å². The van der Waals surface area contributed by atoms with Gasteiger partial charge in [-0.3, -0.25) is 9.63 Å². The fraction of sp³-hybridized carbons (Fsp3) is 0.500. The van der Waals surface area contributed by atoms with Crippen molar-refractivity contribution in [3.05, 3.63) is 29.8 Å². The number of hydroxylamine groups is 2. The Labute approximate surface area is 117 Å². The molecule has 3 atom stereocenters. The highest BCUT2D eigenvalue weighted by Gasteiger charge is 2.48. The van der Waals surface area contributed by atoms with Gasteiger partial charge in [0.2, 0.25) is 6.36 Å². The number of alkyl halides is 1. The van der Waals surface area contributed by atoms with Gasteiger partial charge >= 0.3 is 5.97 Å². The summed E-state index contributed by atoms with van der Waals surface area (Å²) in [7, 11) is 3.17. The zero-order valence-electron chi connectivity index (χ0n) is 11.7. The van der Waals surface area contributed by atoms with Crippen LogP contribution in [-0.2, 0) is 14.4 Å². The second-order valence-electron chi connectivity index (χ2n) is 4.50. The highest BCUT2D eigenvalue weighted by Crippen LogP contribution is 2.39. The lowest BCUT2D eigenvalue weighted by Gasteiger charge is -2.21. The van der Waals surface area contributed by atoms with Gasteiger partial charge in [-0.2, -0.15) is 5.06 Å². The molecule has 0 N–H and O–H groups in total. The third-order valence-electron chi connectivity index (χ3n) is 3.30. The van der Waals surface area contributed by atoms with E-state index in [1.165, 1.54) is 5.06 Å². The Hall–Kier alpha value is -1.66. The molecule has 0 aliphatic carbocycles. The van der Waals surface area contributed by atoms with E-state index in [1.54, 1.807) is 45.3 Å². The summed E-state index contributed by atoms with van der Waals surface area (Å²) in [5.41, 5.74) is 0.770. The number of methoxy groups -OCH3 is 1. The molecule has 1 aromatic carbocycles. The van der Waals surface area contributed by atoms with Gasteiger partial charge in [-0.25, -0.2) is 4.39 Å². The Morgan fingerprint density at radius 2 is 2.05 bits per heavy atom. The number of benzene rings is 1. The second-order valence-corrected chi connectivity index (χ2v) is 4.50. The molecular weight excluding hydrogens is 265 g/mol. The zero-order valence-corrected chi connectivity index (χ0v) is 11.7. The predicted octanol–water partition coefficient (Wildman–Crippen LogP) is 2.09. The van der Waals surface area contributed by atoms with E-state index in [0.717, 1.165) is 5.56 Å². The van der Waals surface area contributed by atoms with Gasteiger partial charge in [0.05, 0.1) is 19.8 Å². The van der Waals surface area contributed by atoms with Crippen LogP contribution in [0.3, 0.4) is 0 Å². The summed E-state index contributed by atoms with van der Waals surface area (Å²) in [6.45, 7) is 1.90. The number of carbonyl (C=O) groups excluding carboxylic acids is 1. The minimum atomic E-state index is -1.70. The van der Waals surface area contributed by atoms with Gasteiger partial charge in [0.15, 0.2) is 0 Å². The standard InChI is InChI=1S/C14H18FNO4/c1-4-19-14(17)11-12(16(2)20-13(11)15)9-5-7-10(18-3)8-6-9/h5-8,11-13H,4H2,1-3H3/t11-,12-,13+/m1/s1. The van der Waals surface area contributed by atoms with Crippen molar-refractivity contribution in [3.8, 4) is 5.75 Å². The van der Waals surface area contributed by atoms with Crippen molar-refractivity contribution in [1.82, 2.24) is 5.06 Å². The molecule has 5 nitrogen and oxygen atoms in total. The minimum Gasteiger partial charge on any atom is -0.497 e. The quantitative estimate of drug-likeness (QED) is 0.792. The molecule has 0 amide bonds. The first-order valence-corrected chi connectivity index (χ1v) is 6.42. The molecule has 110 valence electrons. The van der Waals surface area contributed by atoms with Gasteiger partial charge in [0, 0.05) is 7.05 Å². The lowest BCUT2D eigenvalue weighted by atomic mass is 9.93. The first kappa shape index (κ1) is 14.7. The fourth-order valence-electron chi connectivity index (χ4n) is 2.35. The molecule has 1 aliphatic rings. The molecular formula is C14H18FNO4. The first-order chi connectivity index (χ1) is 9.58. The van der Waals surface area contributed by atoms with Crippen molar-refractivity contribution in [2.75, 3.05) is 20.8 Å². The summed E-state index contributed by atoms with van der Waals surface area (Å²) >= 11 is 0. The molecule has 0 radical (unpaired) electrons. The molecule has 6 heteroatoms. The molecule has 1 saturated heterocycles. The van der Waals surface area contributed by atoms with Crippen molar-refractivity contribution in [3.63, 3.8) is 0 Å². The van der Waals surface area contributed by atoms with Crippen molar-refractivity contribution >= 4 is 5.97 Å². The average molecular weight is 283 g/mol. The fourth-order valence-corrected chi connectivity index (χ4v) is 2.35. The van der Waals surface area contributed by atoms with E-state index in [2.05, 4.69) is 0 Å². The molecule has 2 rings (SSSR count). The molecule has 1 fully saturated rings. The van der Waals surface area contributed by atoms with Gasteiger partial charge in [-0.15, -0.1) is 0 Å². The number of rotatable bonds is 4. The van der Waals surface area contributed by atoms with Crippen molar-refractivity contribution in [1.29, 1.82) is 0 Å². The molecule has 0 bridgehead atoms. The number of ether oxygens (including phenoxy) is 2. The summed E-state index contributed by atoms with van der Waals surface area (Å²) in [5, 5.41) is 1.36. The number of hydrogen-bond acceptors (Lipinski definition) is 5. The summed E-state index contributed by atoms with van der Waals surface area (Å²) in [6, 6.07) is 6.57. The van der Waals surface area contributed by atoms with Crippen LogP contribution in [0.25, 0.3) is 0 Å². The molecule has 1 aliphatic heterocycles. The Morgan fingerprint density at radius 3 is 2.60 bits per heavy atom. The van der Waals surface area contributed by atoms with E-state index in [4.69, 9.17) is 14.3 Å². The Kier molecular flexibility index (Phi) is 4.57. The van der Waals surface area contributed by atoms with Crippen LogP contribution in [-0.4, -0.2) is 38.2 Å². The normalized spacial score (nSPS) is 26.5. The third-order valence-corrected chi connectivity index (χ3v) is 3.30. The molecule has 1 aromatic rings. The number of esters is 1. The predicted molar refractivity (Wildman–Crippen MR) is 69.6 cm³/mol. The van der Waals surface area contributed by atoms with Crippen LogP contribution in [0.15, 0.2) is 24.3 Å². The van der Waals surface area contributed by atoms with Crippen molar-refractivity contribution < 1.29 is 23.5 Å². The molecule has 0 unspecified atom stereocenters. The number of nitrogens with zero attached hydrogens (tertiary/aromatic N) is 1. The second kappa shape index (κ2) is 6.19. The van der Waals surface area contributed by atoms with Gasteiger partial charge in [-0.1, -0.05) is 12.1 Å². The minimum absolute atomic E-state index is 0.209. The monoisotopic (exact) mass is 283 g/mol. The van der Waals surface area contributed by atoms with Crippen molar-refractivity contribution in [2.24, 2.45) is 5.92 Å². The summed E-state index contributed by atoms with van der Waals surface area (Å²) < 4.78 is 23.9. The van der Waals surface area contributed by atoms with E-state index < -0.39 is 24.3 Å². The van der Waals surface area contributed by atoms with Gasteiger partial charge in [-0.05, 0) is 24.6 Å². The summed E-state index contributed by atoms with van der Waals surface area (Å²) in [5.74, 6) is -0.890. The van der Waals surface area contributed by atoms with Crippen LogP contribution >= 0.6 is 0 Å². The van der Waals surface area contributed by atoms with E-state index in [0.29, 0.717) is 5.75 Å². The summed E-state index contributed by atoms with van der Waals surface area (Å²) in [6.07, 6.45) is -1.70. The van der Waals surface area contributed by atoms with E-state index in [1.807, 2.05) is 0 Å². The van der Waals surface area contributed by atoms with Crippen LogP contribution in [0.5, 0.6) is 5.75 Å². The Bertz CT molecular complexity index is 465. The van der Waals surface area contributed by atoms with Crippen LogP contribution in [0, 0.1) is 5.92 Å². The maximum absolute atomic E-state index is 13.9. The van der Waals surface area contributed by atoms with Crippen LogP contribution in [0.1, 0.15) is 18.5 Å². The lowest BCUT2D eigenvalue weighted by molar-refractivity contribution is -0.186. The molecule has 20 heavy (non-hydrogen) atoms. The molecule has 0 saturated carbocycles. The smallest absolute Gasteiger partial charge is 0.316 e. The average Bonchev–Trinajstić information content (AvgIpc) is 2.74. The van der Waals surface area contributed by atoms with E-state index in [9.17, 15) is 9.18 Å². The lowest BCUT2D eigenvalue weighted by Crippen LogP contribution is -2.29. The van der Waals surface area contributed by atoms with Gasteiger partial charge in [0.1, 0.15) is 11.7 Å². The number of carbonyl (C=O) groups is 1. The largest absolute Gasteiger partial charge is 0.497 e. The highest BCUT2D eigenvalue weighted by atomic mass is 19.1. The van der Waals surface area contributed by atoms with E-state index >= 15 is 0 Å².